The van der Waals surface area contributed by atoms with Crippen molar-refractivity contribution in [2.45, 2.75) is 25.2 Å². The minimum absolute atomic E-state index is 0.0583. The van der Waals surface area contributed by atoms with Gasteiger partial charge in [-0.2, -0.15) is 0 Å². The van der Waals surface area contributed by atoms with Gasteiger partial charge in [0, 0.05) is 22.5 Å². The van der Waals surface area contributed by atoms with Gasteiger partial charge in [0.1, 0.15) is 22.9 Å². The van der Waals surface area contributed by atoms with E-state index in [9.17, 15) is 9.59 Å². The van der Waals surface area contributed by atoms with Gasteiger partial charge in [0.25, 0.3) is 0 Å². The van der Waals surface area contributed by atoms with Crippen molar-refractivity contribution in [3.63, 3.8) is 0 Å². The zero-order valence-corrected chi connectivity index (χ0v) is 23.2. The molecule has 0 atom stereocenters. The Morgan fingerprint density at radius 2 is 2.00 bits per heavy atom. The molecule has 0 radical (unpaired) electrons. The minimum atomic E-state index is -0.539. The van der Waals surface area contributed by atoms with Crippen molar-refractivity contribution in [3.8, 4) is 16.9 Å². The summed E-state index contributed by atoms with van der Waals surface area (Å²) in [5.41, 5.74) is 2.84. The normalized spacial score (nSPS) is 10.7. The Hall–Kier alpha value is -3.60. The van der Waals surface area contributed by atoms with Crippen LogP contribution in [-0.4, -0.2) is 39.5 Å². The zero-order valence-electron chi connectivity index (χ0n) is 20.8. The summed E-state index contributed by atoms with van der Waals surface area (Å²) in [6.45, 7) is 6.49. The summed E-state index contributed by atoms with van der Waals surface area (Å²) < 4.78 is 12.7. The summed E-state index contributed by atoms with van der Waals surface area (Å²) >= 11 is 8.48. The van der Waals surface area contributed by atoms with Crippen LogP contribution in [0.15, 0.2) is 71.7 Å². The molecule has 0 bridgehead atoms. The Bertz CT molecular complexity index is 1450. The molecule has 4 aromatic rings. The third kappa shape index (κ3) is 6.63. The molecule has 0 aliphatic heterocycles. The second-order valence-electron chi connectivity index (χ2n) is 8.09. The Balaban J connectivity index is 1.45. The molecule has 0 saturated carbocycles. The highest BCUT2D eigenvalue weighted by molar-refractivity contribution is 7.99. The summed E-state index contributed by atoms with van der Waals surface area (Å²) in [5, 5.41) is 14.7. The van der Waals surface area contributed by atoms with Crippen molar-refractivity contribution in [2.24, 2.45) is 0 Å². The largest absolute Gasteiger partial charge is 0.486 e. The number of aromatic nitrogens is 3. The fourth-order valence-electron chi connectivity index (χ4n) is 3.59. The van der Waals surface area contributed by atoms with Gasteiger partial charge in [0.2, 0.25) is 5.91 Å². The molecule has 196 valence electrons. The van der Waals surface area contributed by atoms with E-state index in [0.717, 1.165) is 16.9 Å². The number of methoxy groups -OCH3 is 1. The number of allylic oxidation sites excluding steroid dienone is 1. The van der Waals surface area contributed by atoms with Crippen LogP contribution in [0.4, 0.5) is 5.00 Å². The van der Waals surface area contributed by atoms with Crippen LogP contribution in [0.3, 0.4) is 0 Å². The molecule has 0 aliphatic rings. The average Bonchev–Trinajstić information content (AvgIpc) is 3.50. The Labute approximate surface area is 233 Å². The van der Waals surface area contributed by atoms with Crippen molar-refractivity contribution in [2.75, 3.05) is 18.2 Å². The number of aryl methyl sites for hydroxylation is 1. The van der Waals surface area contributed by atoms with Gasteiger partial charge in [-0.15, -0.1) is 28.1 Å². The van der Waals surface area contributed by atoms with Crippen LogP contribution in [0.5, 0.6) is 5.75 Å². The lowest BCUT2D eigenvalue weighted by Crippen LogP contribution is -2.16. The van der Waals surface area contributed by atoms with E-state index in [1.807, 2.05) is 47.9 Å². The number of hydrogen-bond acceptors (Lipinski definition) is 8. The lowest BCUT2D eigenvalue weighted by Gasteiger charge is -2.10. The maximum atomic E-state index is 12.9. The SMILES string of the molecule is C=CCn1c(COc2cccc(C)c2)nnc1SCC(=O)Nc1scc(-c2ccc(Cl)cc2)c1C(=O)OC. The van der Waals surface area contributed by atoms with Gasteiger partial charge in [-0.05, 0) is 42.3 Å². The number of ether oxygens (including phenoxy) is 2. The van der Waals surface area contributed by atoms with Crippen LogP contribution in [0.1, 0.15) is 21.7 Å². The number of rotatable bonds is 11. The standard InChI is InChI=1S/C27H25ClN4O4S2/c1-4-12-32-22(14-36-20-7-5-6-17(2)13-20)30-31-27(32)38-16-23(33)29-25-24(26(34)35-3)21(15-37-25)18-8-10-19(28)11-9-18/h4-11,13,15H,1,12,14,16H2,2-3H3,(H,29,33). The van der Waals surface area contributed by atoms with Gasteiger partial charge in [-0.25, -0.2) is 4.79 Å². The summed E-state index contributed by atoms with van der Waals surface area (Å²) in [5.74, 6) is 0.580. The molecule has 0 unspecified atom stereocenters. The number of carbonyl (C=O) groups is 2. The van der Waals surface area contributed by atoms with Gasteiger partial charge in [0.15, 0.2) is 11.0 Å². The van der Waals surface area contributed by atoms with Crippen LogP contribution in [-0.2, 0) is 22.7 Å². The first-order valence-corrected chi connectivity index (χ1v) is 13.7. The number of amides is 1. The molecule has 0 fully saturated rings. The molecular weight excluding hydrogens is 544 g/mol. The highest BCUT2D eigenvalue weighted by Crippen LogP contribution is 2.36. The molecule has 4 rings (SSSR count). The van der Waals surface area contributed by atoms with Gasteiger partial charge in [-0.3, -0.25) is 9.36 Å². The average molecular weight is 569 g/mol. The molecule has 2 heterocycles. The van der Waals surface area contributed by atoms with Crippen molar-refractivity contribution in [1.29, 1.82) is 0 Å². The summed E-state index contributed by atoms with van der Waals surface area (Å²) in [6.07, 6.45) is 1.73. The molecule has 2 aromatic carbocycles. The molecule has 11 heteroatoms. The summed E-state index contributed by atoms with van der Waals surface area (Å²) in [7, 11) is 1.31. The van der Waals surface area contributed by atoms with Crippen molar-refractivity contribution >= 4 is 51.6 Å². The first kappa shape index (κ1) is 27.4. The molecule has 1 amide bonds. The van der Waals surface area contributed by atoms with Gasteiger partial charge < -0.3 is 14.8 Å². The molecule has 8 nitrogen and oxygen atoms in total. The lowest BCUT2D eigenvalue weighted by molar-refractivity contribution is -0.113. The number of nitrogens with zero attached hydrogens (tertiary/aromatic N) is 3. The van der Waals surface area contributed by atoms with E-state index in [4.69, 9.17) is 21.1 Å². The summed E-state index contributed by atoms with van der Waals surface area (Å²) in [4.78, 5) is 25.4. The highest BCUT2D eigenvalue weighted by atomic mass is 35.5. The minimum Gasteiger partial charge on any atom is -0.486 e. The fraction of sp³-hybridized carbons (Fsp3) is 0.185. The van der Waals surface area contributed by atoms with Crippen LogP contribution < -0.4 is 10.1 Å². The van der Waals surface area contributed by atoms with Crippen LogP contribution in [0, 0.1) is 6.92 Å². The zero-order chi connectivity index (χ0) is 27.1. The molecule has 38 heavy (non-hydrogen) atoms. The Morgan fingerprint density at radius 3 is 2.71 bits per heavy atom. The van der Waals surface area contributed by atoms with E-state index in [2.05, 4.69) is 22.1 Å². The van der Waals surface area contributed by atoms with Gasteiger partial charge >= 0.3 is 5.97 Å². The van der Waals surface area contributed by atoms with Crippen molar-refractivity contribution in [1.82, 2.24) is 14.8 Å². The molecule has 0 spiro atoms. The van der Waals surface area contributed by atoms with E-state index in [1.54, 1.807) is 23.6 Å². The monoisotopic (exact) mass is 568 g/mol. The van der Waals surface area contributed by atoms with Crippen LogP contribution >= 0.6 is 34.7 Å². The quantitative estimate of drug-likeness (QED) is 0.130. The fourth-order valence-corrected chi connectivity index (χ4v) is 5.45. The second-order valence-corrected chi connectivity index (χ2v) is 10.4. The highest BCUT2D eigenvalue weighted by Gasteiger charge is 2.23. The first-order valence-electron chi connectivity index (χ1n) is 11.5. The smallest absolute Gasteiger partial charge is 0.341 e. The number of thioether (sulfide) groups is 1. The number of nitrogens with one attached hydrogen (secondary N) is 1. The van der Waals surface area contributed by atoms with Crippen LogP contribution in [0.25, 0.3) is 11.1 Å². The summed E-state index contributed by atoms with van der Waals surface area (Å²) in [6, 6.07) is 14.9. The van der Waals surface area contributed by atoms with Crippen molar-refractivity contribution < 1.29 is 19.1 Å². The maximum Gasteiger partial charge on any atom is 0.341 e. The Kier molecular flexibility index (Phi) is 9.22. The molecule has 2 aromatic heterocycles. The third-order valence-electron chi connectivity index (χ3n) is 5.38. The number of hydrogen-bond donors (Lipinski definition) is 1. The predicted molar refractivity (Wildman–Crippen MR) is 151 cm³/mol. The van der Waals surface area contributed by atoms with Crippen LogP contribution in [0.2, 0.25) is 5.02 Å². The second kappa shape index (κ2) is 12.8. The number of anilines is 1. The van der Waals surface area contributed by atoms with Crippen molar-refractivity contribution in [3.05, 3.63) is 88.5 Å². The van der Waals surface area contributed by atoms with E-state index in [-0.39, 0.29) is 18.3 Å². The number of benzene rings is 2. The van der Waals surface area contributed by atoms with Gasteiger partial charge in [0.05, 0.1) is 12.9 Å². The molecule has 0 saturated heterocycles. The lowest BCUT2D eigenvalue weighted by atomic mass is 10.0. The van der Waals surface area contributed by atoms with E-state index in [1.165, 1.54) is 30.2 Å². The number of carbonyl (C=O) groups excluding carboxylic acids is 2. The Morgan fingerprint density at radius 1 is 1.21 bits per heavy atom. The molecule has 0 aliphatic carbocycles. The van der Waals surface area contributed by atoms with Gasteiger partial charge in [-0.1, -0.05) is 53.7 Å². The number of esters is 1. The number of halogens is 1. The predicted octanol–water partition coefficient (Wildman–Crippen LogP) is 6.25. The third-order valence-corrected chi connectivity index (χ3v) is 7.50. The van der Waals surface area contributed by atoms with E-state index >= 15 is 0 Å². The topological polar surface area (TPSA) is 95.3 Å². The maximum absolute atomic E-state index is 12.9. The number of thiophene rings is 1. The molecule has 1 N–H and O–H groups in total. The van der Waals surface area contributed by atoms with E-state index in [0.29, 0.717) is 38.7 Å². The van der Waals surface area contributed by atoms with E-state index < -0.39 is 5.97 Å². The first-order chi connectivity index (χ1) is 18.4. The molecular formula is C27H25ClN4O4S2.